The Bertz CT molecular complexity index is 918. The topological polar surface area (TPSA) is 50.3 Å². The Morgan fingerprint density at radius 1 is 1.19 bits per heavy atom. The van der Waals surface area contributed by atoms with Crippen molar-refractivity contribution in [1.82, 2.24) is 4.98 Å². The van der Waals surface area contributed by atoms with Crippen LogP contribution in [0.4, 0.5) is 5.13 Å². The highest BCUT2D eigenvalue weighted by Crippen LogP contribution is 2.36. The van der Waals surface area contributed by atoms with Gasteiger partial charge >= 0.3 is 0 Å². The summed E-state index contributed by atoms with van der Waals surface area (Å²) in [6.07, 6.45) is 0. The number of halogens is 1. The summed E-state index contributed by atoms with van der Waals surface area (Å²) in [7, 11) is 0. The van der Waals surface area contributed by atoms with E-state index in [1.807, 2.05) is 49.4 Å². The summed E-state index contributed by atoms with van der Waals surface area (Å²) in [5.74, 6) is -0.0629. The van der Waals surface area contributed by atoms with Gasteiger partial charge in [0, 0.05) is 6.92 Å². The third kappa shape index (κ3) is 4.26. The summed E-state index contributed by atoms with van der Waals surface area (Å²) < 4.78 is 0.867. The van der Waals surface area contributed by atoms with Crippen LogP contribution in [0.5, 0.6) is 0 Å². The highest BCUT2D eigenvalue weighted by atomic mass is 35.5. The van der Waals surface area contributed by atoms with Gasteiger partial charge in [-0.15, -0.1) is 0 Å². The zero-order valence-corrected chi connectivity index (χ0v) is 16.7. The van der Waals surface area contributed by atoms with Crippen molar-refractivity contribution in [1.29, 1.82) is 0 Å². The van der Waals surface area contributed by atoms with Crippen molar-refractivity contribution < 1.29 is 9.59 Å². The lowest BCUT2D eigenvalue weighted by Crippen LogP contribution is -2.32. The molecule has 0 N–H and O–H groups in total. The quantitative estimate of drug-likeness (QED) is 0.595. The molecule has 1 heterocycles. The molecule has 0 aliphatic heterocycles. The molecule has 3 rings (SSSR count). The number of thiazole rings is 1. The second kappa shape index (κ2) is 8.20. The first kappa shape index (κ1) is 18.9. The molecule has 7 heteroatoms. The van der Waals surface area contributed by atoms with Gasteiger partial charge in [0.2, 0.25) is 5.91 Å². The maximum absolute atomic E-state index is 12.8. The zero-order chi connectivity index (χ0) is 18.7. The van der Waals surface area contributed by atoms with E-state index in [-0.39, 0.29) is 16.8 Å². The van der Waals surface area contributed by atoms with Gasteiger partial charge in [0.1, 0.15) is 0 Å². The lowest BCUT2D eigenvalue weighted by atomic mass is 10.2. The monoisotopic (exact) mass is 404 g/mol. The predicted molar refractivity (Wildman–Crippen MR) is 110 cm³/mol. The van der Waals surface area contributed by atoms with E-state index in [1.165, 1.54) is 18.3 Å². The average molecular weight is 405 g/mol. The normalized spacial score (nSPS) is 10.9. The number of aromatic nitrogens is 1. The van der Waals surface area contributed by atoms with E-state index < -0.39 is 0 Å². The number of anilines is 1. The highest BCUT2D eigenvalue weighted by Gasteiger charge is 2.22. The highest BCUT2D eigenvalue weighted by molar-refractivity contribution is 8.14. The van der Waals surface area contributed by atoms with E-state index in [2.05, 4.69) is 4.98 Å². The SMILES string of the molecule is CC(=O)SCC(=O)N(Cc1ccccc1)c1nc2c(C)ccc(Cl)c2s1. The van der Waals surface area contributed by atoms with E-state index in [0.717, 1.165) is 33.1 Å². The van der Waals surface area contributed by atoms with E-state index in [9.17, 15) is 9.59 Å². The van der Waals surface area contributed by atoms with Crippen molar-refractivity contribution in [2.75, 3.05) is 10.7 Å². The van der Waals surface area contributed by atoms with Crippen molar-refractivity contribution in [3.63, 3.8) is 0 Å². The van der Waals surface area contributed by atoms with Gasteiger partial charge in [-0.1, -0.05) is 71.1 Å². The molecule has 2 aromatic carbocycles. The lowest BCUT2D eigenvalue weighted by molar-refractivity contribution is -0.116. The summed E-state index contributed by atoms with van der Waals surface area (Å²) in [6, 6.07) is 13.5. The molecular formula is C19H17ClN2O2S2. The maximum Gasteiger partial charge on any atom is 0.239 e. The van der Waals surface area contributed by atoms with Crippen LogP contribution in [0, 0.1) is 6.92 Å². The van der Waals surface area contributed by atoms with Gasteiger partial charge in [0.05, 0.1) is 27.5 Å². The first-order valence-electron chi connectivity index (χ1n) is 7.99. The van der Waals surface area contributed by atoms with Crippen LogP contribution in [0.2, 0.25) is 5.02 Å². The molecule has 0 fully saturated rings. The van der Waals surface area contributed by atoms with Crippen molar-refractivity contribution >= 4 is 61.1 Å². The molecule has 0 saturated carbocycles. The van der Waals surface area contributed by atoms with E-state index in [0.29, 0.717) is 16.7 Å². The van der Waals surface area contributed by atoms with Gasteiger partial charge in [0.25, 0.3) is 0 Å². The summed E-state index contributed by atoms with van der Waals surface area (Å²) in [5.41, 5.74) is 2.82. The third-order valence-corrected chi connectivity index (χ3v) is 6.14. The molecule has 0 aliphatic carbocycles. The molecular weight excluding hydrogens is 388 g/mol. The molecule has 0 radical (unpaired) electrons. The Morgan fingerprint density at radius 3 is 2.58 bits per heavy atom. The Hall–Kier alpha value is -1.89. The smallest absolute Gasteiger partial charge is 0.239 e. The van der Waals surface area contributed by atoms with Crippen molar-refractivity contribution in [2.24, 2.45) is 0 Å². The largest absolute Gasteiger partial charge is 0.288 e. The Kier molecular flexibility index (Phi) is 5.96. The average Bonchev–Trinajstić information content (AvgIpc) is 3.08. The van der Waals surface area contributed by atoms with E-state index >= 15 is 0 Å². The molecule has 134 valence electrons. The molecule has 1 aromatic heterocycles. The molecule has 3 aromatic rings. The molecule has 0 saturated heterocycles. The molecule has 4 nitrogen and oxygen atoms in total. The van der Waals surface area contributed by atoms with Crippen molar-refractivity contribution in [2.45, 2.75) is 20.4 Å². The molecule has 0 unspecified atom stereocenters. The van der Waals surface area contributed by atoms with Crippen LogP contribution in [0.3, 0.4) is 0 Å². The van der Waals surface area contributed by atoms with Crippen molar-refractivity contribution in [3.8, 4) is 0 Å². The molecule has 26 heavy (non-hydrogen) atoms. The number of aryl methyl sites for hydroxylation is 1. The fourth-order valence-corrected chi connectivity index (χ4v) is 4.29. The number of amides is 1. The fourth-order valence-electron chi connectivity index (χ4n) is 2.48. The van der Waals surface area contributed by atoms with Gasteiger partial charge in [0.15, 0.2) is 10.2 Å². The summed E-state index contributed by atoms with van der Waals surface area (Å²) >= 11 is 8.71. The van der Waals surface area contributed by atoms with Gasteiger partial charge in [-0.2, -0.15) is 0 Å². The number of carbonyl (C=O) groups excluding carboxylic acids is 2. The van der Waals surface area contributed by atoms with Gasteiger partial charge in [-0.25, -0.2) is 4.98 Å². The minimum absolute atomic E-state index is 0.0822. The van der Waals surface area contributed by atoms with Crippen LogP contribution < -0.4 is 4.90 Å². The second-order valence-electron chi connectivity index (χ2n) is 5.78. The van der Waals surface area contributed by atoms with Crippen LogP contribution >= 0.6 is 34.7 Å². The van der Waals surface area contributed by atoms with Crippen LogP contribution in [0.1, 0.15) is 18.1 Å². The van der Waals surface area contributed by atoms with Crippen LogP contribution in [0.25, 0.3) is 10.2 Å². The zero-order valence-electron chi connectivity index (χ0n) is 14.4. The minimum Gasteiger partial charge on any atom is -0.288 e. The van der Waals surface area contributed by atoms with Crippen LogP contribution in [-0.4, -0.2) is 21.8 Å². The number of thioether (sulfide) groups is 1. The fraction of sp³-hybridized carbons (Fsp3) is 0.211. The molecule has 1 amide bonds. The minimum atomic E-state index is -0.151. The molecule has 0 atom stereocenters. The van der Waals surface area contributed by atoms with Gasteiger partial charge < -0.3 is 0 Å². The Balaban J connectivity index is 1.99. The number of hydrogen-bond donors (Lipinski definition) is 0. The number of benzene rings is 2. The molecule has 0 aliphatic rings. The van der Waals surface area contributed by atoms with Crippen molar-refractivity contribution in [3.05, 3.63) is 58.6 Å². The number of nitrogens with zero attached hydrogens (tertiary/aromatic N) is 2. The van der Waals surface area contributed by atoms with Crippen LogP contribution in [-0.2, 0) is 16.1 Å². The number of hydrogen-bond acceptors (Lipinski definition) is 5. The third-order valence-electron chi connectivity index (χ3n) is 3.80. The predicted octanol–water partition coefficient (Wildman–Crippen LogP) is 5.07. The Labute approximate surface area is 165 Å². The first-order chi connectivity index (χ1) is 12.5. The standard InChI is InChI=1S/C19H17ClN2O2S2/c1-12-8-9-15(20)18-17(12)21-19(26-18)22(16(24)11-25-13(2)23)10-14-6-4-3-5-7-14/h3-9H,10-11H2,1-2H3. The molecule has 0 bridgehead atoms. The maximum atomic E-state index is 12.8. The van der Waals surface area contributed by atoms with E-state index in [4.69, 9.17) is 11.6 Å². The van der Waals surface area contributed by atoms with Gasteiger partial charge in [-0.3, -0.25) is 14.5 Å². The van der Waals surface area contributed by atoms with Gasteiger partial charge in [-0.05, 0) is 24.1 Å². The van der Waals surface area contributed by atoms with E-state index in [1.54, 1.807) is 4.90 Å². The summed E-state index contributed by atoms with van der Waals surface area (Å²) in [4.78, 5) is 30.3. The lowest BCUT2D eigenvalue weighted by Gasteiger charge is -2.19. The number of rotatable bonds is 5. The molecule has 0 spiro atoms. The second-order valence-corrected chi connectivity index (χ2v) is 8.32. The number of fused-ring (bicyclic) bond motifs is 1. The first-order valence-corrected chi connectivity index (χ1v) is 10.2. The number of carbonyl (C=O) groups is 2. The summed E-state index contributed by atoms with van der Waals surface area (Å²) in [5, 5.41) is 1.13. The summed E-state index contributed by atoms with van der Waals surface area (Å²) in [6.45, 7) is 3.83. The van der Waals surface area contributed by atoms with Crippen LogP contribution in [0.15, 0.2) is 42.5 Å². The Morgan fingerprint density at radius 2 is 1.92 bits per heavy atom.